The molecule has 4 heteroatoms. The number of carbonyl (C=O) groups excluding carboxylic acids is 1. The lowest BCUT2D eigenvalue weighted by Gasteiger charge is -2.34. The van der Waals surface area contributed by atoms with Gasteiger partial charge < -0.3 is 14.4 Å². The second-order valence-corrected chi connectivity index (χ2v) is 6.04. The maximum absolute atomic E-state index is 13.0. The monoisotopic (exact) mass is 311 g/mol. The number of ether oxygens (including phenoxy) is 2. The van der Waals surface area contributed by atoms with Crippen molar-refractivity contribution >= 4 is 5.78 Å². The van der Waals surface area contributed by atoms with Crippen molar-refractivity contribution in [1.29, 1.82) is 0 Å². The minimum atomic E-state index is -0.310. The van der Waals surface area contributed by atoms with Gasteiger partial charge in [-0.05, 0) is 43.9 Å². The Labute approximate surface area is 136 Å². The number of fused-ring (bicyclic) bond motifs is 1. The smallest absolute Gasteiger partial charge is 0.175 e. The van der Waals surface area contributed by atoms with Crippen LogP contribution in [0.2, 0.25) is 0 Å². The van der Waals surface area contributed by atoms with Crippen molar-refractivity contribution in [1.82, 2.24) is 4.90 Å². The number of nitrogens with zero attached hydrogens (tertiary/aromatic N) is 1. The molecule has 0 spiro atoms. The molecule has 0 saturated carbocycles. The number of hydrogen-bond donors (Lipinski definition) is 0. The molecule has 2 unspecified atom stereocenters. The van der Waals surface area contributed by atoms with Crippen molar-refractivity contribution in [2.45, 2.75) is 6.10 Å². The molecule has 4 nitrogen and oxygen atoms in total. The summed E-state index contributed by atoms with van der Waals surface area (Å²) in [6.45, 7) is 0.634. The van der Waals surface area contributed by atoms with Crippen molar-refractivity contribution < 1.29 is 14.3 Å². The molecule has 0 aliphatic carbocycles. The van der Waals surface area contributed by atoms with Gasteiger partial charge in [-0.2, -0.15) is 0 Å². The molecule has 0 bridgehead atoms. The molecule has 1 heterocycles. The molecule has 0 N–H and O–H groups in total. The number of para-hydroxylation sites is 1. The Morgan fingerprint density at radius 1 is 1.13 bits per heavy atom. The summed E-state index contributed by atoms with van der Waals surface area (Å²) in [5, 5.41) is 0. The highest BCUT2D eigenvalue weighted by molar-refractivity contribution is 6.01. The molecule has 0 amide bonds. The molecule has 2 aromatic rings. The van der Waals surface area contributed by atoms with Crippen LogP contribution in [0.25, 0.3) is 0 Å². The van der Waals surface area contributed by atoms with Gasteiger partial charge in [0.05, 0.1) is 18.6 Å². The lowest BCUT2D eigenvalue weighted by molar-refractivity contribution is 0.0594. The molecule has 2 aromatic carbocycles. The first-order chi connectivity index (χ1) is 11.1. The van der Waals surface area contributed by atoms with Crippen molar-refractivity contribution in [2.24, 2.45) is 5.92 Å². The predicted octanol–water partition coefficient (Wildman–Crippen LogP) is 3.19. The summed E-state index contributed by atoms with van der Waals surface area (Å²) in [7, 11) is 5.57. The first-order valence-electron chi connectivity index (χ1n) is 7.68. The van der Waals surface area contributed by atoms with Crippen LogP contribution in [0.4, 0.5) is 0 Å². The zero-order chi connectivity index (χ0) is 16.4. The number of methoxy groups -OCH3 is 1. The Bertz CT molecular complexity index is 711. The van der Waals surface area contributed by atoms with Gasteiger partial charge in [-0.25, -0.2) is 0 Å². The van der Waals surface area contributed by atoms with Gasteiger partial charge in [0.15, 0.2) is 5.78 Å². The Hall–Kier alpha value is -2.33. The van der Waals surface area contributed by atoms with Crippen LogP contribution in [0, 0.1) is 5.92 Å². The summed E-state index contributed by atoms with van der Waals surface area (Å²) in [5.41, 5.74) is 1.62. The zero-order valence-corrected chi connectivity index (χ0v) is 13.7. The van der Waals surface area contributed by atoms with Crippen LogP contribution >= 0.6 is 0 Å². The van der Waals surface area contributed by atoms with E-state index in [1.165, 1.54) is 0 Å². The Morgan fingerprint density at radius 2 is 1.91 bits per heavy atom. The zero-order valence-electron chi connectivity index (χ0n) is 13.7. The second-order valence-electron chi connectivity index (χ2n) is 6.04. The lowest BCUT2D eigenvalue weighted by Crippen LogP contribution is -2.38. The molecule has 0 aromatic heterocycles. The highest BCUT2D eigenvalue weighted by atomic mass is 16.5. The molecule has 0 radical (unpaired) electrons. The fourth-order valence-electron chi connectivity index (χ4n) is 3.02. The van der Waals surface area contributed by atoms with E-state index in [-0.39, 0.29) is 17.8 Å². The van der Waals surface area contributed by atoms with Crippen LogP contribution < -0.4 is 9.47 Å². The van der Waals surface area contributed by atoms with Crippen LogP contribution in [0.5, 0.6) is 11.5 Å². The minimum absolute atomic E-state index is 0.133. The lowest BCUT2D eigenvalue weighted by atomic mass is 9.85. The number of hydrogen-bond acceptors (Lipinski definition) is 4. The van der Waals surface area contributed by atoms with Gasteiger partial charge in [0.2, 0.25) is 0 Å². The number of rotatable bonds is 4. The predicted molar refractivity (Wildman–Crippen MR) is 89.2 cm³/mol. The molecule has 3 rings (SSSR count). The van der Waals surface area contributed by atoms with E-state index in [0.29, 0.717) is 17.9 Å². The highest BCUT2D eigenvalue weighted by Gasteiger charge is 2.38. The van der Waals surface area contributed by atoms with Gasteiger partial charge >= 0.3 is 0 Å². The van der Waals surface area contributed by atoms with Gasteiger partial charge in [-0.15, -0.1) is 0 Å². The van der Waals surface area contributed by atoms with Crippen LogP contribution in [0.3, 0.4) is 0 Å². The first kappa shape index (κ1) is 15.6. The van der Waals surface area contributed by atoms with Gasteiger partial charge in [-0.1, -0.05) is 24.3 Å². The second kappa shape index (κ2) is 6.42. The van der Waals surface area contributed by atoms with Crippen molar-refractivity contribution in [3.05, 3.63) is 59.7 Å². The topological polar surface area (TPSA) is 38.8 Å². The van der Waals surface area contributed by atoms with Crippen LogP contribution in [0.1, 0.15) is 22.0 Å². The Balaban J connectivity index is 2.03. The molecular formula is C19H21NO3. The number of carbonyl (C=O) groups is 1. The van der Waals surface area contributed by atoms with E-state index >= 15 is 0 Å². The van der Waals surface area contributed by atoms with Crippen LogP contribution in [-0.2, 0) is 0 Å². The number of benzene rings is 2. The van der Waals surface area contributed by atoms with Crippen molar-refractivity contribution in [3.63, 3.8) is 0 Å². The highest BCUT2D eigenvalue weighted by Crippen LogP contribution is 2.39. The fraction of sp³-hybridized carbons (Fsp3) is 0.316. The van der Waals surface area contributed by atoms with E-state index in [4.69, 9.17) is 9.47 Å². The molecule has 2 atom stereocenters. The SMILES string of the molecule is COc1cccc(C2Oc3ccccc3C(=O)C2CN(C)C)c1. The molecule has 120 valence electrons. The number of ketones is 1. The fourth-order valence-corrected chi connectivity index (χ4v) is 3.02. The van der Waals surface area contributed by atoms with E-state index in [1.54, 1.807) is 7.11 Å². The molecule has 23 heavy (non-hydrogen) atoms. The molecule has 0 saturated heterocycles. The standard InChI is InChI=1S/C19H21NO3/c1-20(2)12-16-18(21)15-9-4-5-10-17(15)23-19(16)13-7-6-8-14(11-13)22-3/h4-11,16,19H,12H2,1-3H3. The van der Waals surface area contributed by atoms with Gasteiger partial charge in [-0.3, -0.25) is 4.79 Å². The molecular weight excluding hydrogens is 290 g/mol. The van der Waals surface area contributed by atoms with E-state index in [1.807, 2.05) is 67.5 Å². The third-order valence-corrected chi connectivity index (χ3v) is 4.09. The van der Waals surface area contributed by atoms with E-state index in [9.17, 15) is 4.79 Å². The molecule has 1 aliphatic heterocycles. The maximum Gasteiger partial charge on any atom is 0.175 e. The van der Waals surface area contributed by atoms with Gasteiger partial charge in [0.1, 0.15) is 17.6 Å². The first-order valence-corrected chi connectivity index (χ1v) is 7.68. The Morgan fingerprint density at radius 3 is 2.65 bits per heavy atom. The van der Waals surface area contributed by atoms with Gasteiger partial charge in [0, 0.05) is 6.54 Å². The Kier molecular flexibility index (Phi) is 4.35. The summed E-state index contributed by atoms with van der Waals surface area (Å²) in [4.78, 5) is 15.0. The van der Waals surface area contributed by atoms with Crippen molar-refractivity contribution in [2.75, 3.05) is 27.7 Å². The van der Waals surface area contributed by atoms with Crippen LogP contribution in [-0.4, -0.2) is 38.4 Å². The minimum Gasteiger partial charge on any atom is -0.497 e. The van der Waals surface area contributed by atoms with E-state index < -0.39 is 0 Å². The summed E-state index contributed by atoms with van der Waals surface area (Å²) < 4.78 is 11.5. The molecule has 1 aliphatic rings. The summed E-state index contributed by atoms with van der Waals surface area (Å²) in [6.07, 6.45) is -0.310. The molecule has 0 fully saturated rings. The summed E-state index contributed by atoms with van der Waals surface area (Å²) >= 11 is 0. The third kappa shape index (κ3) is 3.08. The summed E-state index contributed by atoms with van der Waals surface area (Å²) in [5.74, 6) is 1.31. The summed E-state index contributed by atoms with van der Waals surface area (Å²) in [6, 6.07) is 15.2. The van der Waals surface area contributed by atoms with Crippen LogP contribution in [0.15, 0.2) is 48.5 Å². The normalized spacial score (nSPS) is 20.1. The maximum atomic E-state index is 13.0. The average molecular weight is 311 g/mol. The largest absolute Gasteiger partial charge is 0.497 e. The average Bonchev–Trinajstić information content (AvgIpc) is 2.57. The van der Waals surface area contributed by atoms with E-state index in [0.717, 1.165) is 11.3 Å². The van der Waals surface area contributed by atoms with Crippen molar-refractivity contribution in [3.8, 4) is 11.5 Å². The number of Topliss-reactive ketones (excluding diaryl/α,β-unsaturated/α-hetero) is 1. The van der Waals surface area contributed by atoms with E-state index in [2.05, 4.69) is 0 Å². The third-order valence-electron chi connectivity index (χ3n) is 4.09. The quantitative estimate of drug-likeness (QED) is 0.869. The van der Waals surface area contributed by atoms with Gasteiger partial charge in [0.25, 0.3) is 0 Å².